The number of hydrogen-bond donors (Lipinski definition) is 0. The predicted molar refractivity (Wildman–Crippen MR) is 49.4 cm³/mol. The van der Waals surface area contributed by atoms with Crippen LogP contribution in [0.5, 0.6) is 0 Å². The smallest absolute Gasteiger partial charge is 0.237 e. The first kappa shape index (κ1) is 9.81. The average Bonchev–Trinajstić information content (AvgIpc) is 2.29. The summed E-state index contributed by atoms with van der Waals surface area (Å²) in [7, 11) is 2.08. The van der Waals surface area contributed by atoms with Gasteiger partial charge in [-0.1, -0.05) is 0 Å². The molecular formula is C8H15ClN2O. The number of amides is 1. The number of rotatable bonds is 1. The van der Waals surface area contributed by atoms with Gasteiger partial charge in [-0.05, 0) is 20.0 Å². The van der Waals surface area contributed by atoms with Gasteiger partial charge < -0.3 is 9.80 Å². The molecule has 0 aromatic carbocycles. The summed E-state index contributed by atoms with van der Waals surface area (Å²) in [5.74, 6) is 0.177. The monoisotopic (exact) mass is 190 g/mol. The topological polar surface area (TPSA) is 23.6 Å². The van der Waals surface area contributed by atoms with Crippen LogP contribution >= 0.6 is 11.6 Å². The fourth-order valence-corrected chi connectivity index (χ4v) is 1.55. The molecule has 0 atom stereocenters. The minimum absolute atomic E-state index is 0.0620. The second-order valence-electron chi connectivity index (χ2n) is 3.17. The molecule has 1 fully saturated rings. The molecule has 1 heterocycles. The van der Waals surface area contributed by atoms with Gasteiger partial charge in [0, 0.05) is 19.6 Å². The van der Waals surface area contributed by atoms with Crippen LogP contribution in [0, 0.1) is 0 Å². The summed E-state index contributed by atoms with van der Waals surface area (Å²) in [6.07, 6.45) is 1.05. The third kappa shape index (κ3) is 2.64. The van der Waals surface area contributed by atoms with E-state index in [2.05, 4.69) is 11.9 Å². The van der Waals surface area contributed by atoms with Crippen molar-refractivity contribution in [3.05, 3.63) is 0 Å². The van der Waals surface area contributed by atoms with Gasteiger partial charge in [-0.3, -0.25) is 4.79 Å². The molecule has 4 heteroatoms. The summed E-state index contributed by atoms with van der Waals surface area (Å²) in [6, 6.07) is 0. The van der Waals surface area contributed by atoms with Gasteiger partial charge in [0.2, 0.25) is 5.91 Å². The molecule has 0 aromatic rings. The maximum absolute atomic E-state index is 11.2. The van der Waals surface area contributed by atoms with Gasteiger partial charge in [0.15, 0.2) is 0 Å². The number of alkyl halides is 1. The first-order valence-electron chi connectivity index (χ1n) is 4.26. The van der Waals surface area contributed by atoms with Gasteiger partial charge in [0.1, 0.15) is 5.88 Å². The molecule has 0 unspecified atom stereocenters. The molecule has 70 valence electrons. The Morgan fingerprint density at radius 3 is 2.75 bits per heavy atom. The number of halogens is 1. The Bertz CT molecular complexity index is 163. The summed E-state index contributed by atoms with van der Waals surface area (Å²) in [5.41, 5.74) is 0. The Balaban J connectivity index is 2.40. The van der Waals surface area contributed by atoms with Gasteiger partial charge in [-0.2, -0.15) is 0 Å². The molecule has 0 N–H and O–H groups in total. The molecule has 3 nitrogen and oxygen atoms in total. The molecular weight excluding hydrogens is 176 g/mol. The fourth-order valence-electron chi connectivity index (χ4n) is 1.38. The zero-order valence-electron chi connectivity index (χ0n) is 7.42. The average molecular weight is 191 g/mol. The predicted octanol–water partition coefficient (Wildman–Crippen LogP) is 0.389. The van der Waals surface area contributed by atoms with Crippen molar-refractivity contribution in [2.45, 2.75) is 6.42 Å². The Morgan fingerprint density at radius 1 is 1.33 bits per heavy atom. The zero-order chi connectivity index (χ0) is 8.97. The Morgan fingerprint density at radius 2 is 2.08 bits per heavy atom. The molecule has 12 heavy (non-hydrogen) atoms. The van der Waals surface area contributed by atoms with Crippen molar-refractivity contribution in [3.63, 3.8) is 0 Å². The van der Waals surface area contributed by atoms with Crippen molar-refractivity contribution >= 4 is 17.5 Å². The maximum atomic E-state index is 11.2. The molecule has 1 amide bonds. The van der Waals surface area contributed by atoms with Crippen molar-refractivity contribution < 1.29 is 4.79 Å². The summed E-state index contributed by atoms with van der Waals surface area (Å²) in [4.78, 5) is 15.3. The largest absolute Gasteiger partial charge is 0.340 e. The first-order chi connectivity index (χ1) is 5.74. The van der Waals surface area contributed by atoms with Crippen molar-refractivity contribution in [1.82, 2.24) is 9.80 Å². The van der Waals surface area contributed by atoms with E-state index in [1.54, 1.807) is 0 Å². The quantitative estimate of drug-likeness (QED) is 0.559. The summed E-state index contributed by atoms with van der Waals surface area (Å²) >= 11 is 5.47. The second-order valence-corrected chi connectivity index (χ2v) is 3.44. The highest BCUT2D eigenvalue weighted by atomic mass is 35.5. The van der Waals surface area contributed by atoms with Crippen molar-refractivity contribution in [3.8, 4) is 0 Å². The molecule has 0 aliphatic carbocycles. The first-order valence-corrected chi connectivity index (χ1v) is 4.80. The van der Waals surface area contributed by atoms with Gasteiger partial charge in [0.05, 0.1) is 0 Å². The van der Waals surface area contributed by atoms with Crippen LogP contribution in [0.4, 0.5) is 0 Å². The van der Waals surface area contributed by atoms with Gasteiger partial charge in [-0.15, -0.1) is 11.6 Å². The lowest BCUT2D eigenvalue weighted by Crippen LogP contribution is -2.35. The van der Waals surface area contributed by atoms with Crippen molar-refractivity contribution in [2.24, 2.45) is 0 Å². The number of likely N-dealkylation sites (N-methyl/N-ethyl adjacent to an activating group) is 1. The van der Waals surface area contributed by atoms with Crippen molar-refractivity contribution in [2.75, 3.05) is 39.1 Å². The Kier molecular flexibility index (Phi) is 3.82. The normalized spacial score (nSPS) is 20.7. The van der Waals surface area contributed by atoms with Crippen LogP contribution in [0.25, 0.3) is 0 Å². The summed E-state index contributed by atoms with van der Waals surface area (Å²) in [5, 5.41) is 0. The van der Waals surface area contributed by atoms with Gasteiger partial charge in [0.25, 0.3) is 0 Å². The van der Waals surface area contributed by atoms with Crippen LogP contribution in [-0.2, 0) is 4.79 Å². The van der Waals surface area contributed by atoms with E-state index in [9.17, 15) is 4.79 Å². The van der Waals surface area contributed by atoms with Crippen LogP contribution in [0.15, 0.2) is 0 Å². The third-order valence-electron chi connectivity index (χ3n) is 2.19. The number of carbonyl (C=O) groups is 1. The Labute approximate surface area is 78.3 Å². The van der Waals surface area contributed by atoms with Crippen molar-refractivity contribution in [1.29, 1.82) is 0 Å². The van der Waals surface area contributed by atoms with Crippen LogP contribution in [0.1, 0.15) is 6.42 Å². The summed E-state index contributed by atoms with van der Waals surface area (Å²) in [6.45, 7) is 3.71. The van der Waals surface area contributed by atoms with E-state index >= 15 is 0 Å². The molecule has 0 bridgehead atoms. The maximum Gasteiger partial charge on any atom is 0.237 e. The summed E-state index contributed by atoms with van der Waals surface area (Å²) < 4.78 is 0. The van der Waals surface area contributed by atoms with E-state index in [0.29, 0.717) is 0 Å². The number of hydrogen-bond acceptors (Lipinski definition) is 2. The Hall–Kier alpha value is -0.280. The van der Waals surface area contributed by atoms with E-state index in [-0.39, 0.29) is 11.8 Å². The van der Waals surface area contributed by atoms with Crippen LogP contribution < -0.4 is 0 Å². The molecule has 1 aliphatic heterocycles. The minimum Gasteiger partial charge on any atom is -0.340 e. The molecule has 0 radical (unpaired) electrons. The van der Waals surface area contributed by atoms with E-state index in [4.69, 9.17) is 11.6 Å². The molecule has 1 rings (SSSR count). The molecule has 0 aromatic heterocycles. The second kappa shape index (κ2) is 4.67. The standard InChI is InChI=1S/C8H15ClN2O/c1-10-3-2-4-11(6-5-10)8(12)7-9/h2-7H2,1H3. The minimum atomic E-state index is 0.0620. The van der Waals surface area contributed by atoms with E-state index in [0.717, 1.165) is 32.6 Å². The lowest BCUT2D eigenvalue weighted by molar-refractivity contribution is -0.128. The SMILES string of the molecule is CN1CCCN(C(=O)CCl)CC1. The molecule has 0 saturated carbocycles. The molecule has 1 aliphatic rings. The van der Waals surface area contributed by atoms with Gasteiger partial charge in [-0.25, -0.2) is 0 Å². The molecule has 1 saturated heterocycles. The zero-order valence-corrected chi connectivity index (χ0v) is 8.18. The fraction of sp³-hybridized carbons (Fsp3) is 0.875. The number of carbonyl (C=O) groups excluding carboxylic acids is 1. The van der Waals surface area contributed by atoms with Crippen LogP contribution in [0.2, 0.25) is 0 Å². The van der Waals surface area contributed by atoms with E-state index in [1.165, 1.54) is 0 Å². The third-order valence-corrected chi connectivity index (χ3v) is 2.42. The lowest BCUT2D eigenvalue weighted by atomic mass is 10.4. The van der Waals surface area contributed by atoms with Crippen LogP contribution in [0.3, 0.4) is 0 Å². The highest BCUT2D eigenvalue weighted by Gasteiger charge is 2.15. The highest BCUT2D eigenvalue weighted by Crippen LogP contribution is 2.01. The van der Waals surface area contributed by atoms with E-state index < -0.39 is 0 Å². The van der Waals surface area contributed by atoms with E-state index in [1.807, 2.05) is 4.90 Å². The lowest BCUT2D eigenvalue weighted by Gasteiger charge is -2.18. The van der Waals surface area contributed by atoms with Gasteiger partial charge >= 0.3 is 0 Å². The highest BCUT2D eigenvalue weighted by molar-refractivity contribution is 6.27. The van der Waals surface area contributed by atoms with Crippen LogP contribution in [-0.4, -0.2) is 54.8 Å². The number of nitrogens with zero attached hydrogens (tertiary/aromatic N) is 2. The molecule has 0 spiro atoms.